The van der Waals surface area contributed by atoms with Gasteiger partial charge in [-0.15, -0.1) is 11.3 Å². The molecule has 0 aliphatic rings. The highest BCUT2D eigenvalue weighted by Gasteiger charge is 2.14. The Bertz CT molecular complexity index is 491. The molecule has 96 valence electrons. The number of aromatic nitrogens is 2. The number of hydrogen-bond acceptors (Lipinski definition) is 4. The average molecular weight is 326 g/mol. The van der Waals surface area contributed by atoms with Crippen LogP contribution in [0.4, 0.5) is 5.82 Å². The van der Waals surface area contributed by atoms with Crippen molar-refractivity contribution in [2.24, 2.45) is 0 Å². The Morgan fingerprint density at radius 2 is 2.17 bits per heavy atom. The number of anilines is 1. The van der Waals surface area contributed by atoms with Gasteiger partial charge in [0.1, 0.15) is 16.2 Å². The fraction of sp³-hybridized carbons (Fsp3) is 0.385. The first-order valence-electron chi connectivity index (χ1n) is 5.86. The molecule has 0 aliphatic heterocycles. The zero-order valence-electron chi connectivity index (χ0n) is 10.7. The van der Waals surface area contributed by atoms with E-state index in [2.05, 4.69) is 62.2 Å². The van der Waals surface area contributed by atoms with E-state index >= 15 is 0 Å². The smallest absolute Gasteiger partial charge is 0.133 e. The summed E-state index contributed by atoms with van der Waals surface area (Å²) in [6.45, 7) is 7.16. The van der Waals surface area contributed by atoms with Gasteiger partial charge in [-0.3, -0.25) is 0 Å². The minimum absolute atomic E-state index is 0.397. The summed E-state index contributed by atoms with van der Waals surface area (Å²) in [6, 6.07) is 6.61. The molecule has 2 aromatic rings. The molecule has 0 atom stereocenters. The summed E-state index contributed by atoms with van der Waals surface area (Å²) in [7, 11) is 0. The Balaban J connectivity index is 2.29. The van der Waals surface area contributed by atoms with Crippen molar-refractivity contribution < 1.29 is 0 Å². The Hall–Kier alpha value is -0.940. The van der Waals surface area contributed by atoms with Gasteiger partial charge >= 0.3 is 0 Å². The van der Waals surface area contributed by atoms with E-state index < -0.39 is 0 Å². The first kappa shape index (κ1) is 13.5. The maximum Gasteiger partial charge on any atom is 0.133 e. The molecule has 3 nitrogen and oxygen atoms in total. The molecule has 0 bridgehead atoms. The van der Waals surface area contributed by atoms with Crippen LogP contribution in [0.25, 0.3) is 0 Å². The van der Waals surface area contributed by atoms with E-state index in [9.17, 15) is 0 Å². The molecule has 0 saturated heterocycles. The van der Waals surface area contributed by atoms with Crippen LogP contribution in [-0.2, 0) is 6.54 Å². The third kappa shape index (κ3) is 3.29. The number of thiophene rings is 1. The van der Waals surface area contributed by atoms with Crippen LogP contribution in [0.5, 0.6) is 0 Å². The number of nitrogens with zero attached hydrogens (tertiary/aromatic N) is 3. The predicted octanol–water partition coefficient (Wildman–Crippen LogP) is 4.02. The van der Waals surface area contributed by atoms with E-state index in [4.69, 9.17) is 0 Å². The quantitative estimate of drug-likeness (QED) is 0.795. The number of hydrogen-bond donors (Lipinski definition) is 0. The van der Waals surface area contributed by atoms with Crippen LogP contribution in [-0.4, -0.2) is 16.0 Å². The first-order chi connectivity index (χ1) is 8.56. The summed E-state index contributed by atoms with van der Waals surface area (Å²) in [5.41, 5.74) is 0. The SMILES string of the molecule is Cc1nc(Br)cc(N(Cc2cccs2)C(C)C)n1. The van der Waals surface area contributed by atoms with Crippen molar-refractivity contribution in [1.29, 1.82) is 0 Å². The molecule has 2 rings (SSSR count). The Labute approximate surface area is 120 Å². The van der Waals surface area contributed by atoms with Gasteiger partial charge < -0.3 is 4.90 Å². The highest BCUT2D eigenvalue weighted by Crippen LogP contribution is 2.22. The van der Waals surface area contributed by atoms with Gasteiger partial charge in [0.2, 0.25) is 0 Å². The zero-order chi connectivity index (χ0) is 13.1. The number of aryl methyl sites for hydroxylation is 1. The van der Waals surface area contributed by atoms with Crippen molar-refractivity contribution in [1.82, 2.24) is 9.97 Å². The molecule has 0 radical (unpaired) electrons. The number of halogens is 1. The molecule has 0 N–H and O–H groups in total. The highest BCUT2D eigenvalue weighted by atomic mass is 79.9. The second-order valence-electron chi connectivity index (χ2n) is 4.40. The van der Waals surface area contributed by atoms with Crippen molar-refractivity contribution in [3.8, 4) is 0 Å². The third-order valence-electron chi connectivity index (χ3n) is 2.62. The van der Waals surface area contributed by atoms with Gasteiger partial charge in [-0.2, -0.15) is 0 Å². The molecule has 0 saturated carbocycles. The Kier molecular flexibility index (Phi) is 4.35. The van der Waals surface area contributed by atoms with Crippen LogP contribution >= 0.6 is 27.3 Å². The van der Waals surface area contributed by atoms with E-state index in [1.807, 2.05) is 13.0 Å². The lowest BCUT2D eigenvalue weighted by Crippen LogP contribution is -2.30. The van der Waals surface area contributed by atoms with E-state index in [1.165, 1.54) is 4.88 Å². The van der Waals surface area contributed by atoms with Crippen molar-refractivity contribution >= 4 is 33.1 Å². The van der Waals surface area contributed by atoms with E-state index in [-0.39, 0.29) is 0 Å². The molecule has 0 aromatic carbocycles. The van der Waals surface area contributed by atoms with Crippen LogP contribution in [0, 0.1) is 6.92 Å². The summed E-state index contributed by atoms with van der Waals surface area (Å²) in [4.78, 5) is 12.4. The van der Waals surface area contributed by atoms with E-state index in [0.717, 1.165) is 22.8 Å². The third-order valence-corrected chi connectivity index (χ3v) is 3.88. The maximum absolute atomic E-state index is 4.53. The van der Waals surface area contributed by atoms with Crippen molar-refractivity contribution in [3.63, 3.8) is 0 Å². The largest absolute Gasteiger partial charge is 0.349 e. The summed E-state index contributed by atoms with van der Waals surface area (Å²) >= 11 is 5.21. The van der Waals surface area contributed by atoms with Gasteiger partial charge in [0.05, 0.1) is 6.54 Å². The van der Waals surface area contributed by atoms with Crippen LogP contribution in [0.2, 0.25) is 0 Å². The van der Waals surface area contributed by atoms with E-state index in [1.54, 1.807) is 11.3 Å². The molecule has 2 aromatic heterocycles. The van der Waals surface area contributed by atoms with Gasteiger partial charge in [0.15, 0.2) is 0 Å². The van der Waals surface area contributed by atoms with Gasteiger partial charge in [-0.05, 0) is 48.1 Å². The molecular weight excluding hydrogens is 310 g/mol. The molecule has 0 aliphatic carbocycles. The molecular formula is C13H16BrN3S. The molecule has 5 heteroatoms. The minimum atomic E-state index is 0.397. The molecule has 0 amide bonds. The van der Waals surface area contributed by atoms with Gasteiger partial charge in [0, 0.05) is 17.0 Å². The second kappa shape index (κ2) is 5.80. The zero-order valence-corrected chi connectivity index (χ0v) is 13.1. The van der Waals surface area contributed by atoms with Gasteiger partial charge in [-0.25, -0.2) is 9.97 Å². The molecule has 0 unspecified atom stereocenters. The first-order valence-corrected chi connectivity index (χ1v) is 7.53. The fourth-order valence-corrected chi connectivity index (χ4v) is 2.93. The lowest BCUT2D eigenvalue weighted by molar-refractivity contribution is 0.673. The standard InChI is InChI=1S/C13H16BrN3S/c1-9(2)17(8-11-5-4-6-18-11)13-7-12(14)15-10(3)16-13/h4-7,9H,8H2,1-3H3. The lowest BCUT2D eigenvalue weighted by atomic mass is 10.3. The summed E-state index contributed by atoms with van der Waals surface area (Å²) < 4.78 is 0.835. The fourth-order valence-electron chi connectivity index (χ4n) is 1.76. The lowest BCUT2D eigenvalue weighted by Gasteiger charge is -2.27. The Morgan fingerprint density at radius 3 is 2.72 bits per heavy atom. The van der Waals surface area contributed by atoms with Crippen molar-refractivity contribution in [2.75, 3.05) is 4.90 Å². The van der Waals surface area contributed by atoms with Gasteiger partial charge in [-0.1, -0.05) is 6.07 Å². The van der Waals surface area contributed by atoms with Crippen LogP contribution in [0.15, 0.2) is 28.2 Å². The molecule has 0 fully saturated rings. The highest BCUT2D eigenvalue weighted by molar-refractivity contribution is 9.10. The van der Waals surface area contributed by atoms with Crippen LogP contribution < -0.4 is 4.90 Å². The van der Waals surface area contributed by atoms with Crippen LogP contribution in [0.1, 0.15) is 24.5 Å². The monoisotopic (exact) mass is 325 g/mol. The summed E-state index contributed by atoms with van der Waals surface area (Å²) in [5.74, 6) is 1.76. The molecule has 18 heavy (non-hydrogen) atoms. The normalized spacial score (nSPS) is 10.9. The Morgan fingerprint density at radius 1 is 1.39 bits per heavy atom. The van der Waals surface area contributed by atoms with Crippen LogP contribution in [0.3, 0.4) is 0 Å². The second-order valence-corrected chi connectivity index (χ2v) is 6.24. The van der Waals surface area contributed by atoms with Crippen molar-refractivity contribution in [3.05, 3.63) is 38.9 Å². The van der Waals surface area contributed by atoms with Crippen molar-refractivity contribution in [2.45, 2.75) is 33.4 Å². The molecule has 2 heterocycles. The number of rotatable bonds is 4. The topological polar surface area (TPSA) is 29.0 Å². The maximum atomic E-state index is 4.53. The predicted molar refractivity (Wildman–Crippen MR) is 80.1 cm³/mol. The minimum Gasteiger partial charge on any atom is -0.349 e. The average Bonchev–Trinajstić information content (AvgIpc) is 2.76. The summed E-state index contributed by atoms with van der Waals surface area (Å²) in [6.07, 6.45) is 0. The van der Waals surface area contributed by atoms with Gasteiger partial charge in [0.25, 0.3) is 0 Å². The van der Waals surface area contributed by atoms with E-state index in [0.29, 0.717) is 6.04 Å². The molecule has 0 spiro atoms. The summed E-state index contributed by atoms with van der Waals surface area (Å²) in [5, 5.41) is 2.11.